The molecule has 2 N–H and O–H groups in total. The highest BCUT2D eigenvalue weighted by atomic mass is 79.9. The Labute approximate surface area is 124 Å². The van der Waals surface area contributed by atoms with Gasteiger partial charge in [0.05, 0.1) is 28.4 Å². The molecule has 0 unspecified atom stereocenters. The fourth-order valence-electron chi connectivity index (χ4n) is 2.27. The zero-order valence-electron chi connectivity index (χ0n) is 10.8. The standard InChI is InChI=1S/C15H11BrN4/c1-9-3-2-4-13-14(9)19-15(18)20(13)12-6-5-10(8-17)7-11(12)16/h2-7H,1H3,(H2,18,19). The molecule has 3 rings (SSSR count). The average Bonchev–Trinajstić information content (AvgIpc) is 2.77. The van der Waals surface area contributed by atoms with E-state index in [1.54, 1.807) is 12.1 Å². The van der Waals surface area contributed by atoms with E-state index in [0.717, 1.165) is 26.8 Å². The summed E-state index contributed by atoms with van der Waals surface area (Å²) in [6.07, 6.45) is 0. The Bertz CT molecular complexity index is 858. The zero-order valence-corrected chi connectivity index (χ0v) is 12.3. The van der Waals surface area contributed by atoms with E-state index in [-0.39, 0.29) is 0 Å². The van der Waals surface area contributed by atoms with E-state index in [1.165, 1.54) is 0 Å². The highest BCUT2D eigenvalue weighted by Crippen LogP contribution is 2.30. The van der Waals surface area contributed by atoms with E-state index in [4.69, 9.17) is 11.0 Å². The fraction of sp³-hybridized carbons (Fsp3) is 0.0667. The highest BCUT2D eigenvalue weighted by Gasteiger charge is 2.13. The minimum Gasteiger partial charge on any atom is -0.369 e. The molecule has 0 amide bonds. The molecule has 98 valence electrons. The van der Waals surface area contributed by atoms with Gasteiger partial charge in [-0.25, -0.2) is 4.98 Å². The van der Waals surface area contributed by atoms with Gasteiger partial charge in [0, 0.05) is 4.47 Å². The van der Waals surface area contributed by atoms with Crippen molar-refractivity contribution in [3.05, 3.63) is 52.0 Å². The molecule has 0 bridgehead atoms. The Morgan fingerprint density at radius 1 is 1.30 bits per heavy atom. The van der Waals surface area contributed by atoms with Gasteiger partial charge in [-0.2, -0.15) is 5.26 Å². The number of nitriles is 1. The van der Waals surface area contributed by atoms with Crippen LogP contribution in [0.5, 0.6) is 0 Å². The Morgan fingerprint density at radius 2 is 2.10 bits per heavy atom. The number of halogens is 1. The Kier molecular flexibility index (Phi) is 2.96. The van der Waals surface area contributed by atoms with E-state index in [1.807, 2.05) is 35.8 Å². The molecule has 2 aromatic carbocycles. The van der Waals surface area contributed by atoms with Crippen molar-refractivity contribution in [2.75, 3.05) is 5.73 Å². The molecule has 1 heterocycles. The minimum absolute atomic E-state index is 0.430. The van der Waals surface area contributed by atoms with Gasteiger partial charge >= 0.3 is 0 Å². The lowest BCUT2D eigenvalue weighted by molar-refractivity contribution is 1.10. The van der Waals surface area contributed by atoms with E-state index >= 15 is 0 Å². The van der Waals surface area contributed by atoms with Gasteiger partial charge in [0.25, 0.3) is 0 Å². The van der Waals surface area contributed by atoms with Crippen LogP contribution in [0.15, 0.2) is 40.9 Å². The van der Waals surface area contributed by atoms with E-state index < -0.39 is 0 Å². The number of rotatable bonds is 1. The SMILES string of the molecule is Cc1cccc2c1nc(N)n2-c1ccc(C#N)cc1Br. The van der Waals surface area contributed by atoms with Gasteiger partial charge in [-0.15, -0.1) is 0 Å². The molecule has 0 aliphatic carbocycles. The number of aryl methyl sites for hydroxylation is 1. The molecule has 4 nitrogen and oxygen atoms in total. The maximum atomic E-state index is 8.93. The van der Waals surface area contributed by atoms with Crippen LogP contribution in [-0.4, -0.2) is 9.55 Å². The van der Waals surface area contributed by atoms with Crippen molar-refractivity contribution in [3.8, 4) is 11.8 Å². The van der Waals surface area contributed by atoms with Crippen molar-refractivity contribution < 1.29 is 0 Å². The van der Waals surface area contributed by atoms with Crippen LogP contribution in [-0.2, 0) is 0 Å². The van der Waals surface area contributed by atoms with Crippen LogP contribution >= 0.6 is 15.9 Å². The van der Waals surface area contributed by atoms with Crippen LogP contribution in [0.3, 0.4) is 0 Å². The molecule has 0 aliphatic heterocycles. The Hall–Kier alpha value is -2.32. The first-order valence-electron chi connectivity index (χ1n) is 6.05. The lowest BCUT2D eigenvalue weighted by Crippen LogP contribution is -2.01. The Balaban J connectivity index is 2.33. The maximum Gasteiger partial charge on any atom is 0.205 e. The molecule has 0 aliphatic rings. The molecule has 0 saturated carbocycles. The predicted molar refractivity (Wildman–Crippen MR) is 82.6 cm³/mol. The van der Waals surface area contributed by atoms with Crippen molar-refractivity contribution in [2.24, 2.45) is 0 Å². The van der Waals surface area contributed by atoms with E-state index in [9.17, 15) is 0 Å². The number of benzene rings is 2. The molecule has 1 aromatic heterocycles. The van der Waals surface area contributed by atoms with Crippen molar-refractivity contribution in [2.45, 2.75) is 6.92 Å². The summed E-state index contributed by atoms with van der Waals surface area (Å²) in [5.41, 5.74) is 10.4. The van der Waals surface area contributed by atoms with Gasteiger partial charge in [0.15, 0.2) is 0 Å². The molecular formula is C15H11BrN4. The summed E-state index contributed by atoms with van der Waals surface area (Å²) < 4.78 is 2.69. The third kappa shape index (κ3) is 1.86. The molecule has 20 heavy (non-hydrogen) atoms. The normalized spacial score (nSPS) is 10.7. The number of nitrogens with two attached hydrogens (primary N) is 1. The third-order valence-corrected chi connectivity index (χ3v) is 3.87. The number of nitrogen functional groups attached to an aromatic ring is 1. The van der Waals surface area contributed by atoms with Gasteiger partial charge in [-0.05, 0) is 52.7 Å². The van der Waals surface area contributed by atoms with Crippen molar-refractivity contribution in [1.29, 1.82) is 5.26 Å². The van der Waals surface area contributed by atoms with Crippen LogP contribution in [0, 0.1) is 18.3 Å². The molecule has 0 saturated heterocycles. The predicted octanol–water partition coefficient (Wildman–Crippen LogP) is 3.55. The summed E-state index contributed by atoms with van der Waals surface area (Å²) in [7, 11) is 0. The van der Waals surface area contributed by atoms with Crippen LogP contribution in [0.4, 0.5) is 5.95 Å². The molecule has 3 aromatic rings. The molecular weight excluding hydrogens is 316 g/mol. The lowest BCUT2D eigenvalue weighted by Gasteiger charge is -2.09. The van der Waals surface area contributed by atoms with Crippen LogP contribution < -0.4 is 5.73 Å². The first-order valence-corrected chi connectivity index (χ1v) is 6.84. The summed E-state index contributed by atoms with van der Waals surface area (Å²) in [5.74, 6) is 0.430. The highest BCUT2D eigenvalue weighted by molar-refractivity contribution is 9.10. The van der Waals surface area contributed by atoms with Crippen molar-refractivity contribution in [3.63, 3.8) is 0 Å². The summed E-state index contributed by atoms with van der Waals surface area (Å²) in [6.45, 7) is 2.01. The first kappa shape index (κ1) is 12.7. The topological polar surface area (TPSA) is 67.6 Å². The van der Waals surface area contributed by atoms with Crippen LogP contribution in [0.2, 0.25) is 0 Å². The number of hydrogen-bond donors (Lipinski definition) is 1. The summed E-state index contributed by atoms with van der Waals surface area (Å²) in [4.78, 5) is 4.43. The lowest BCUT2D eigenvalue weighted by atomic mass is 10.2. The Morgan fingerprint density at radius 3 is 2.80 bits per heavy atom. The first-order chi connectivity index (χ1) is 9.61. The number of nitrogens with zero attached hydrogens (tertiary/aromatic N) is 3. The van der Waals surface area contributed by atoms with Gasteiger partial charge in [-0.1, -0.05) is 12.1 Å². The van der Waals surface area contributed by atoms with Gasteiger partial charge in [0.1, 0.15) is 0 Å². The van der Waals surface area contributed by atoms with Gasteiger partial charge in [0.2, 0.25) is 5.95 Å². The molecule has 0 radical (unpaired) electrons. The summed E-state index contributed by atoms with van der Waals surface area (Å²) >= 11 is 3.49. The molecule has 0 atom stereocenters. The smallest absolute Gasteiger partial charge is 0.205 e. The maximum absolute atomic E-state index is 8.93. The second kappa shape index (κ2) is 4.66. The van der Waals surface area contributed by atoms with Crippen molar-refractivity contribution >= 4 is 32.9 Å². The van der Waals surface area contributed by atoms with Crippen LogP contribution in [0.25, 0.3) is 16.7 Å². The number of imidazole rings is 1. The van der Waals surface area contributed by atoms with E-state index in [2.05, 4.69) is 27.0 Å². The fourth-order valence-corrected chi connectivity index (χ4v) is 2.82. The number of aromatic nitrogens is 2. The zero-order chi connectivity index (χ0) is 14.3. The number of fused-ring (bicyclic) bond motifs is 1. The number of anilines is 1. The molecule has 0 fully saturated rings. The van der Waals surface area contributed by atoms with Crippen LogP contribution in [0.1, 0.15) is 11.1 Å². The average molecular weight is 327 g/mol. The van der Waals surface area contributed by atoms with Gasteiger partial charge < -0.3 is 5.73 Å². The quantitative estimate of drug-likeness (QED) is 0.743. The largest absolute Gasteiger partial charge is 0.369 e. The third-order valence-electron chi connectivity index (χ3n) is 3.23. The van der Waals surface area contributed by atoms with E-state index in [0.29, 0.717) is 11.5 Å². The summed E-state index contributed by atoms with van der Waals surface area (Å²) in [6, 6.07) is 13.5. The second-order valence-electron chi connectivity index (χ2n) is 4.53. The van der Waals surface area contributed by atoms with Crippen molar-refractivity contribution in [1.82, 2.24) is 9.55 Å². The number of hydrogen-bond acceptors (Lipinski definition) is 3. The second-order valence-corrected chi connectivity index (χ2v) is 5.38. The summed E-state index contributed by atoms with van der Waals surface area (Å²) in [5, 5.41) is 8.93. The van der Waals surface area contributed by atoms with Gasteiger partial charge in [-0.3, -0.25) is 4.57 Å². The molecule has 5 heteroatoms. The monoisotopic (exact) mass is 326 g/mol. The minimum atomic E-state index is 0.430. The molecule has 0 spiro atoms. The number of para-hydroxylation sites is 1.